The van der Waals surface area contributed by atoms with E-state index in [2.05, 4.69) is 10.5 Å². The van der Waals surface area contributed by atoms with Crippen LogP contribution in [0.15, 0.2) is 53.1 Å². The van der Waals surface area contributed by atoms with Gasteiger partial charge in [0.25, 0.3) is 17.7 Å². The molecule has 10 heteroatoms. The highest BCUT2D eigenvalue weighted by molar-refractivity contribution is 6.34. The summed E-state index contributed by atoms with van der Waals surface area (Å²) in [6, 6.07) is 12.3. The number of hydrogen-bond donors (Lipinski definition) is 1. The predicted octanol–water partition coefficient (Wildman–Crippen LogP) is 2.98. The first-order chi connectivity index (χ1) is 15.9. The maximum absolute atomic E-state index is 12.7. The molecule has 2 aromatic carbocycles. The molecule has 0 radical (unpaired) electrons. The first kappa shape index (κ1) is 21.8. The summed E-state index contributed by atoms with van der Waals surface area (Å²) in [7, 11) is 0. The van der Waals surface area contributed by atoms with Crippen molar-refractivity contribution < 1.29 is 33.2 Å². The normalized spacial score (nSPS) is 12.5. The summed E-state index contributed by atoms with van der Waals surface area (Å²) in [4.78, 5) is 50.9. The lowest BCUT2D eigenvalue weighted by Crippen LogP contribution is -2.29. The molecule has 0 fully saturated rings. The molecule has 4 rings (SSSR count). The number of para-hydroxylation sites is 2. The van der Waals surface area contributed by atoms with E-state index in [4.69, 9.17) is 14.0 Å². The van der Waals surface area contributed by atoms with Gasteiger partial charge in [0.05, 0.1) is 29.0 Å². The maximum Gasteiger partial charge on any atom is 0.338 e. The molecule has 1 aliphatic heterocycles. The minimum Gasteiger partial charge on any atom is -0.492 e. The number of aryl methyl sites for hydroxylation is 1. The number of hydrogen-bond acceptors (Lipinski definition) is 8. The third kappa shape index (κ3) is 4.31. The quantitative estimate of drug-likeness (QED) is 0.431. The van der Waals surface area contributed by atoms with Crippen LogP contribution in [-0.2, 0) is 9.53 Å². The summed E-state index contributed by atoms with van der Waals surface area (Å²) < 4.78 is 15.4. The van der Waals surface area contributed by atoms with E-state index in [0.717, 1.165) is 4.90 Å². The average molecular weight is 449 g/mol. The molecular formula is C23H19N3O7. The van der Waals surface area contributed by atoms with E-state index in [0.29, 0.717) is 23.8 Å². The number of esters is 1. The van der Waals surface area contributed by atoms with Gasteiger partial charge in [-0.15, -0.1) is 0 Å². The Morgan fingerprint density at radius 1 is 1.06 bits per heavy atom. The molecule has 33 heavy (non-hydrogen) atoms. The SMILES string of the molecule is CCOc1ccccc1NC(=O)COC(=O)c1ccc2c(c1)C(=O)N(c1cc(C)on1)C2=O. The van der Waals surface area contributed by atoms with Gasteiger partial charge >= 0.3 is 5.97 Å². The Bertz CT molecular complexity index is 1260. The molecule has 3 amide bonds. The molecule has 1 aromatic heterocycles. The summed E-state index contributed by atoms with van der Waals surface area (Å²) in [5.41, 5.74) is 0.633. The van der Waals surface area contributed by atoms with E-state index in [1.807, 2.05) is 6.92 Å². The fraction of sp³-hybridized carbons (Fsp3) is 0.174. The van der Waals surface area contributed by atoms with Crippen LogP contribution in [0.25, 0.3) is 0 Å². The third-order valence-corrected chi connectivity index (χ3v) is 4.76. The lowest BCUT2D eigenvalue weighted by molar-refractivity contribution is -0.119. The number of ether oxygens (including phenoxy) is 2. The second-order valence-corrected chi connectivity index (χ2v) is 7.06. The van der Waals surface area contributed by atoms with Crippen LogP contribution >= 0.6 is 0 Å². The first-order valence-corrected chi connectivity index (χ1v) is 10.0. The number of nitrogens with zero attached hydrogens (tertiary/aromatic N) is 2. The van der Waals surface area contributed by atoms with Crippen molar-refractivity contribution in [2.24, 2.45) is 0 Å². The van der Waals surface area contributed by atoms with E-state index in [-0.39, 0.29) is 22.5 Å². The summed E-state index contributed by atoms with van der Waals surface area (Å²) in [5, 5.41) is 6.32. The second-order valence-electron chi connectivity index (χ2n) is 7.06. The molecule has 0 unspecified atom stereocenters. The van der Waals surface area contributed by atoms with Crippen LogP contribution < -0.4 is 15.0 Å². The summed E-state index contributed by atoms with van der Waals surface area (Å²) >= 11 is 0. The zero-order valence-corrected chi connectivity index (χ0v) is 17.8. The van der Waals surface area contributed by atoms with Gasteiger partial charge < -0.3 is 19.3 Å². The summed E-state index contributed by atoms with van der Waals surface area (Å²) in [6.07, 6.45) is 0. The highest BCUT2D eigenvalue weighted by Gasteiger charge is 2.38. The van der Waals surface area contributed by atoms with E-state index in [1.54, 1.807) is 31.2 Å². The molecule has 0 aliphatic carbocycles. The lowest BCUT2D eigenvalue weighted by atomic mass is 10.1. The van der Waals surface area contributed by atoms with Crippen molar-refractivity contribution in [3.05, 3.63) is 71.0 Å². The monoisotopic (exact) mass is 449 g/mol. The van der Waals surface area contributed by atoms with Crippen LogP contribution in [0.1, 0.15) is 43.8 Å². The maximum atomic E-state index is 12.7. The van der Waals surface area contributed by atoms with Gasteiger partial charge in [0.1, 0.15) is 11.5 Å². The van der Waals surface area contributed by atoms with Crippen molar-refractivity contribution in [1.29, 1.82) is 0 Å². The van der Waals surface area contributed by atoms with Gasteiger partial charge in [-0.25, -0.2) is 9.69 Å². The highest BCUT2D eigenvalue weighted by atomic mass is 16.5. The molecule has 0 atom stereocenters. The molecule has 0 bridgehead atoms. The molecule has 0 saturated carbocycles. The number of fused-ring (bicyclic) bond motifs is 1. The van der Waals surface area contributed by atoms with Gasteiger partial charge in [0, 0.05) is 6.07 Å². The molecule has 0 spiro atoms. The number of nitrogens with one attached hydrogen (secondary N) is 1. The van der Waals surface area contributed by atoms with Crippen LogP contribution in [-0.4, -0.2) is 42.1 Å². The van der Waals surface area contributed by atoms with Crippen molar-refractivity contribution in [2.75, 3.05) is 23.4 Å². The molecule has 1 N–H and O–H groups in total. The molecule has 10 nitrogen and oxygen atoms in total. The Kier molecular flexibility index (Phi) is 5.90. The summed E-state index contributed by atoms with van der Waals surface area (Å²) in [5.74, 6) is -1.59. The Morgan fingerprint density at radius 2 is 1.82 bits per heavy atom. The topological polar surface area (TPSA) is 128 Å². The van der Waals surface area contributed by atoms with Gasteiger partial charge in [0.2, 0.25) is 0 Å². The van der Waals surface area contributed by atoms with E-state index < -0.39 is 30.3 Å². The fourth-order valence-corrected chi connectivity index (χ4v) is 3.29. The third-order valence-electron chi connectivity index (χ3n) is 4.76. The average Bonchev–Trinajstić information content (AvgIpc) is 3.33. The largest absolute Gasteiger partial charge is 0.492 e. The van der Waals surface area contributed by atoms with Crippen molar-refractivity contribution in [2.45, 2.75) is 13.8 Å². The zero-order valence-electron chi connectivity index (χ0n) is 17.8. The van der Waals surface area contributed by atoms with Crippen LogP contribution in [0, 0.1) is 6.92 Å². The molecule has 168 valence electrons. The van der Waals surface area contributed by atoms with Crippen molar-refractivity contribution in [3.8, 4) is 5.75 Å². The number of aromatic nitrogens is 1. The van der Waals surface area contributed by atoms with Crippen molar-refractivity contribution in [1.82, 2.24) is 5.16 Å². The Labute approximate surface area is 188 Å². The van der Waals surface area contributed by atoms with E-state index >= 15 is 0 Å². The number of imide groups is 1. The first-order valence-electron chi connectivity index (χ1n) is 10.0. The van der Waals surface area contributed by atoms with Gasteiger partial charge in [0.15, 0.2) is 12.4 Å². The molecule has 1 aliphatic rings. The standard InChI is InChI=1S/C23H19N3O7/c1-3-31-18-7-5-4-6-17(18)24-20(27)12-32-23(30)14-8-9-15-16(11-14)22(29)26(21(15)28)19-10-13(2)33-25-19/h4-11H,3,12H2,1-2H3,(H,24,27). The van der Waals surface area contributed by atoms with Gasteiger partial charge in [-0.3, -0.25) is 14.4 Å². The van der Waals surface area contributed by atoms with Crippen LogP contribution in [0.5, 0.6) is 5.75 Å². The Morgan fingerprint density at radius 3 is 2.55 bits per heavy atom. The number of anilines is 2. The van der Waals surface area contributed by atoms with Crippen molar-refractivity contribution >= 4 is 35.2 Å². The van der Waals surface area contributed by atoms with Gasteiger partial charge in [-0.2, -0.15) is 0 Å². The van der Waals surface area contributed by atoms with E-state index in [9.17, 15) is 19.2 Å². The molecular weight excluding hydrogens is 430 g/mol. The van der Waals surface area contributed by atoms with Crippen LogP contribution in [0.3, 0.4) is 0 Å². The molecule has 2 heterocycles. The van der Waals surface area contributed by atoms with Gasteiger partial charge in [-0.1, -0.05) is 17.3 Å². The molecule has 0 saturated heterocycles. The Hall–Kier alpha value is -4.47. The smallest absolute Gasteiger partial charge is 0.338 e. The Balaban J connectivity index is 1.43. The number of benzene rings is 2. The molecule has 3 aromatic rings. The minimum atomic E-state index is -0.818. The highest BCUT2D eigenvalue weighted by Crippen LogP contribution is 2.29. The number of carbonyl (C=O) groups excluding carboxylic acids is 4. The minimum absolute atomic E-state index is 0.0237. The van der Waals surface area contributed by atoms with Crippen molar-refractivity contribution in [3.63, 3.8) is 0 Å². The number of amides is 3. The van der Waals surface area contributed by atoms with E-state index in [1.165, 1.54) is 24.3 Å². The second kappa shape index (κ2) is 8.95. The van der Waals surface area contributed by atoms with Crippen LogP contribution in [0.4, 0.5) is 11.5 Å². The number of rotatable bonds is 7. The fourth-order valence-electron chi connectivity index (χ4n) is 3.29. The number of carbonyl (C=O) groups is 4. The van der Waals surface area contributed by atoms with Gasteiger partial charge in [-0.05, 0) is 44.2 Å². The van der Waals surface area contributed by atoms with Crippen LogP contribution in [0.2, 0.25) is 0 Å². The zero-order chi connectivity index (χ0) is 23.5. The summed E-state index contributed by atoms with van der Waals surface area (Å²) in [6.45, 7) is 3.33. The predicted molar refractivity (Wildman–Crippen MR) is 115 cm³/mol. The lowest BCUT2D eigenvalue weighted by Gasteiger charge is -2.11.